The molecule has 1 atom stereocenters. The zero-order valence-corrected chi connectivity index (χ0v) is 12.9. The lowest BCUT2D eigenvalue weighted by Crippen LogP contribution is -2.01. The zero-order valence-electron chi connectivity index (χ0n) is 12.2. The highest BCUT2D eigenvalue weighted by Crippen LogP contribution is 2.32. The Kier molecular flexibility index (Phi) is 4.82. The van der Waals surface area contributed by atoms with Crippen molar-refractivity contribution in [2.75, 3.05) is 0 Å². The van der Waals surface area contributed by atoms with Crippen molar-refractivity contribution < 1.29 is 4.39 Å². The lowest BCUT2D eigenvalue weighted by atomic mass is 9.91. The van der Waals surface area contributed by atoms with Gasteiger partial charge in [-0.05, 0) is 35.6 Å². The van der Waals surface area contributed by atoms with Crippen molar-refractivity contribution in [1.29, 1.82) is 0 Å². The number of hydrogen-bond acceptors (Lipinski definition) is 0. The van der Waals surface area contributed by atoms with Crippen LogP contribution in [0.25, 0.3) is 0 Å². The van der Waals surface area contributed by atoms with Gasteiger partial charge < -0.3 is 0 Å². The van der Waals surface area contributed by atoms with Gasteiger partial charge in [-0.15, -0.1) is 0 Å². The van der Waals surface area contributed by atoms with Crippen LogP contribution < -0.4 is 0 Å². The van der Waals surface area contributed by atoms with Crippen LogP contribution in [0.4, 0.5) is 4.39 Å². The summed E-state index contributed by atoms with van der Waals surface area (Å²) in [5, 5.41) is 0.490. The molecule has 0 radical (unpaired) electrons. The van der Waals surface area contributed by atoms with E-state index in [1.54, 1.807) is 12.1 Å². The van der Waals surface area contributed by atoms with Gasteiger partial charge in [0.25, 0.3) is 0 Å². The van der Waals surface area contributed by atoms with Crippen LogP contribution in [0.5, 0.6) is 0 Å². The molecule has 106 valence electrons. The molecular formula is C18H20ClF. The Balaban J connectivity index is 2.27. The summed E-state index contributed by atoms with van der Waals surface area (Å²) in [6, 6.07) is 13.2. The average Bonchev–Trinajstić information content (AvgIpc) is 2.38. The van der Waals surface area contributed by atoms with Gasteiger partial charge in [0.05, 0.1) is 0 Å². The van der Waals surface area contributed by atoms with E-state index in [9.17, 15) is 4.39 Å². The zero-order chi connectivity index (χ0) is 14.7. The fourth-order valence-electron chi connectivity index (χ4n) is 2.50. The van der Waals surface area contributed by atoms with E-state index < -0.39 is 0 Å². The predicted molar refractivity (Wildman–Crippen MR) is 83.9 cm³/mol. The fraction of sp³-hybridized carbons (Fsp3) is 0.333. The highest BCUT2D eigenvalue weighted by atomic mass is 35.5. The number of halogens is 2. The van der Waals surface area contributed by atoms with Gasteiger partial charge in [-0.2, -0.15) is 0 Å². The van der Waals surface area contributed by atoms with Gasteiger partial charge in [0.2, 0.25) is 0 Å². The smallest absolute Gasteiger partial charge is 0.128 e. The number of rotatable bonds is 4. The minimum absolute atomic E-state index is 0.0446. The van der Waals surface area contributed by atoms with Crippen molar-refractivity contribution in [3.05, 3.63) is 70.0 Å². The maximum atomic E-state index is 14.0. The van der Waals surface area contributed by atoms with Gasteiger partial charge in [0.15, 0.2) is 0 Å². The largest absolute Gasteiger partial charge is 0.207 e. The molecule has 0 N–H and O–H groups in total. The molecule has 0 nitrogen and oxygen atoms in total. The van der Waals surface area contributed by atoms with Crippen molar-refractivity contribution in [2.45, 2.75) is 33.1 Å². The van der Waals surface area contributed by atoms with E-state index in [0.717, 1.165) is 12.0 Å². The van der Waals surface area contributed by atoms with Gasteiger partial charge in [0.1, 0.15) is 5.82 Å². The first-order valence-corrected chi connectivity index (χ1v) is 7.39. The minimum Gasteiger partial charge on any atom is -0.207 e. The topological polar surface area (TPSA) is 0 Å². The summed E-state index contributed by atoms with van der Waals surface area (Å²) in [6.07, 6.45) is 1.06. The van der Waals surface area contributed by atoms with Crippen LogP contribution in [-0.2, 0) is 6.42 Å². The molecule has 0 saturated heterocycles. The summed E-state index contributed by atoms with van der Waals surface area (Å²) in [5.74, 6) is 0.354. The van der Waals surface area contributed by atoms with Crippen LogP contribution in [0.15, 0.2) is 42.5 Å². The van der Waals surface area contributed by atoms with Gasteiger partial charge >= 0.3 is 0 Å². The summed E-state index contributed by atoms with van der Waals surface area (Å²) in [7, 11) is 0. The molecule has 0 aromatic heterocycles. The molecule has 0 aliphatic rings. The van der Waals surface area contributed by atoms with Crippen LogP contribution in [0.2, 0.25) is 5.02 Å². The molecule has 0 bridgehead atoms. The second-order valence-corrected chi connectivity index (χ2v) is 6.10. The molecule has 2 aromatic carbocycles. The first-order valence-electron chi connectivity index (χ1n) is 7.01. The van der Waals surface area contributed by atoms with Gasteiger partial charge in [-0.25, -0.2) is 4.39 Å². The summed E-state index contributed by atoms with van der Waals surface area (Å²) in [4.78, 5) is 0. The van der Waals surface area contributed by atoms with Crippen LogP contribution >= 0.6 is 11.6 Å². The summed E-state index contributed by atoms with van der Waals surface area (Å²) in [5.41, 5.74) is 2.98. The Hall–Kier alpha value is -1.34. The molecule has 0 amide bonds. The van der Waals surface area contributed by atoms with Crippen molar-refractivity contribution in [1.82, 2.24) is 0 Å². The molecular weight excluding hydrogens is 271 g/mol. The molecule has 0 spiro atoms. The Morgan fingerprint density at radius 2 is 1.65 bits per heavy atom. The molecule has 2 rings (SSSR count). The van der Waals surface area contributed by atoms with E-state index in [0.29, 0.717) is 16.5 Å². The molecule has 0 saturated carbocycles. The Labute approximate surface area is 125 Å². The summed E-state index contributed by atoms with van der Waals surface area (Å²) in [6.45, 7) is 6.40. The van der Waals surface area contributed by atoms with Crippen molar-refractivity contribution >= 4 is 11.6 Å². The first-order chi connectivity index (χ1) is 9.49. The van der Waals surface area contributed by atoms with E-state index >= 15 is 0 Å². The normalized spacial score (nSPS) is 12.7. The summed E-state index contributed by atoms with van der Waals surface area (Å²) >= 11 is 6.13. The quantitative estimate of drug-likeness (QED) is 0.664. The number of benzene rings is 2. The van der Waals surface area contributed by atoms with E-state index in [1.807, 2.05) is 6.92 Å². The molecule has 2 aromatic rings. The summed E-state index contributed by atoms with van der Waals surface area (Å²) < 4.78 is 14.0. The molecule has 0 aliphatic heterocycles. The molecule has 0 fully saturated rings. The second-order valence-electron chi connectivity index (χ2n) is 5.70. The highest BCUT2D eigenvalue weighted by Gasteiger charge is 2.16. The minimum atomic E-state index is -0.240. The maximum Gasteiger partial charge on any atom is 0.128 e. The standard InChI is InChI=1S/C18H20ClF/c1-12(2)11-14-7-9-15(10-8-14)13(3)18-16(19)5-4-6-17(18)20/h4-10,12-13H,11H2,1-3H3/t13-/m0/s1. The van der Waals surface area contributed by atoms with Crippen molar-refractivity contribution in [3.63, 3.8) is 0 Å². The van der Waals surface area contributed by atoms with Gasteiger partial charge in [0, 0.05) is 16.5 Å². The predicted octanol–water partition coefficient (Wildman–Crippen LogP) is 5.83. The van der Waals surface area contributed by atoms with Crippen LogP contribution in [-0.4, -0.2) is 0 Å². The Bertz CT molecular complexity index is 552. The fourth-order valence-corrected chi connectivity index (χ4v) is 2.83. The van der Waals surface area contributed by atoms with Crippen LogP contribution in [0.3, 0.4) is 0 Å². The highest BCUT2D eigenvalue weighted by molar-refractivity contribution is 6.31. The monoisotopic (exact) mass is 290 g/mol. The van der Waals surface area contributed by atoms with Crippen molar-refractivity contribution in [3.8, 4) is 0 Å². The molecule has 20 heavy (non-hydrogen) atoms. The average molecular weight is 291 g/mol. The Morgan fingerprint density at radius 1 is 1.00 bits per heavy atom. The van der Waals surface area contributed by atoms with E-state index in [1.165, 1.54) is 11.6 Å². The van der Waals surface area contributed by atoms with E-state index in [-0.39, 0.29) is 11.7 Å². The van der Waals surface area contributed by atoms with E-state index in [2.05, 4.69) is 38.1 Å². The molecule has 0 unspecified atom stereocenters. The van der Waals surface area contributed by atoms with Gasteiger partial charge in [-0.1, -0.05) is 62.7 Å². The van der Waals surface area contributed by atoms with Crippen LogP contribution in [0.1, 0.15) is 43.4 Å². The third-order valence-corrected chi connectivity index (χ3v) is 3.89. The number of hydrogen-bond donors (Lipinski definition) is 0. The van der Waals surface area contributed by atoms with Crippen molar-refractivity contribution in [2.24, 2.45) is 5.92 Å². The third kappa shape index (κ3) is 3.40. The Morgan fingerprint density at radius 3 is 2.20 bits per heavy atom. The third-order valence-electron chi connectivity index (χ3n) is 3.56. The molecule has 0 heterocycles. The second kappa shape index (κ2) is 6.41. The van der Waals surface area contributed by atoms with Gasteiger partial charge in [-0.3, -0.25) is 0 Å². The lowest BCUT2D eigenvalue weighted by molar-refractivity contribution is 0.603. The first kappa shape index (κ1) is 15.1. The molecule has 0 aliphatic carbocycles. The maximum absolute atomic E-state index is 14.0. The van der Waals surface area contributed by atoms with E-state index in [4.69, 9.17) is 11.6 Å². The lowest BCUT2D eigenvalue weighted by Gasteiger charge is -2.16. The molecule has 2 heteroatoms. The van der Waals surface area contributed by atoms with Crippen LogP contribution in [0, 0.1) is 11.7 Å². The SMILES string of the molecule is CC(C)Cc1ccc([C@H](C)c2c(F)cccc2Cl)cc1.